The summed E-state index contributed by atoms with van der Waals surface area (Å²) in [6.07, 6.45) is 0. The molecule has 6 aromatic rings. The van der Waals surface area contributed by atoms with Gasteiger partial charge in [0.1, 0.15) is 11.5 Å². The lowest BCUT2D eigenvalue weighted by Gasteiger charge is -2.18. The number of hydrogen-bond donors (Lipinski definition) is 0. The number of ether oxygens (including phenoxy) is 1. The smallest absolute Gasteiger partial charge is 0.127 e. The Morgan fingerprint density at radius 1 is 0.359 bits per heavy atom. The fraction of sp³-hybridized carbons (Fsp3) is 0.0526. The molecule has 39 heavy (non-hydrogen) atoms. The van der Waals surface area contributed by atoms with Gasteiger partial charge in [0.25, 0.3) is 0 Å². The highest BCUT2D eigenvalue weighted by Gasteiger charge is 2.38. The summed E-state index contributed by atoms with van der Waals surface area (Å²) in [5, 5.41) is 0. The van der Waals surface area contributed by atoms with Crippen molar-refractivity contribution in [2.24, 2.45) is 0 Å². The lowest BCUT2D eigenvalue weighted by molar-refractivity contribution is 0.482. The maximum absolute atomic E-state index is 6.24. The van der Waals surface area contributed by atoms with Gasteiger partial charge in [-0.3, -0.25) is 0 Å². The van der Waals surface area contributed by atoms with Crippen LogP contribution in [0.25, 0.3) is 22.3 Å². The van der Waals surface area contributed by atoms with Crippen LogP contribution >= 0.6 is 0 Å². The van der Waals surface area contributed by atoms with Crippen molar-refractivity contribution in [2.75, 3.05) is 0 Å². The van der Waals surface area contributed by atoms with Crippen LogP contribution in [0.3, 0.4) is 0 Å². The van der Waals surface area contributed by atoms with Crippen molar-refractivity contribution in [3.8, 4) is 33.8 Å². The van der Waals surface area contributed by atoms with Gasteiger partial charge in [0.2, 0.25) is 0 Å². The summed E-state index contributed by atoms with van der Waals surface area (Å²) in [6, 6.07) is 52.2. The minimum Gasteiger partial charge on any atom is -0.457 e. The second-order valence-electron chi connectivity index (χ2n) is 10.4. The molecule has 2 unspecified atom stereocenters. The van der Waals surface area contributed by atoms with Crippen molar-refractivity contribution in [1.82, 2.24) is 0 Å². The standard InChI is InChI=1S/C38H26O/c1-3-12-25(13-4-1)35-29-18-7-9-20-31(29)37-33(35)22-23-34-36(30-19-8-10-21-32(30)38(34)37)26-14-11-17-28(24-26)39-27-15-5-2-6-16-27/h1-24,35-36H. The molecule has 2 aliphatic rings. The molecule has 0 aliphatic heterocycles. The van der Waals surface area contributed by atoms with Gasteiger partial charge in [-0.2, -0.15) is 0 Å². The SMILES string of the molecule is c1ccc(Oc2cccc(C3c4ccccc4-c4c3ccc3c4-c4ccccc4C3c3ccccc3)c2)cc1. The van der Waals surface area contributed by atoms with Gasteiger partial charge in [-0.1, -0.05) is 121 Å². The van der Waals surface area contributed by atoms with Crippen LogP contribution in [0.5, 0.6) is 11.5 Å². The molecule has 184 valence electrons. The van der Waals surface area contributed by atoms with Crippen molar-refractivity contribution in [3.05, 3.63) is 179 Å². The van der Waals surface area contributed by atoms with E-state index in [0.717, 1.165) is 11.5 Å². The Kier molecular flexibility index (Phi) is 5.03. The molecule has 1 heteroatoms. The van der Waals surface area contributed by atoms with E-state index in [-0.39, 0.29) is 11.8 Å². The molecule has 0 radical (unpaired) electrons. The number of benzene rings is 6. The van der Waals surface area contributed by atoms with Gasteiger partial charge < -0.3 is 4.74 Å². The minimum absolute atomic E-state index is 0.156. The molecule has 8 rings (SSSR count). The van der Waals surface area contributed by atoms with Gasteiger partial charge in [-0.25, -0.2) is 0 Å². The van der Waals surface area contributed by atoms with Crippen LogP contribution in [0, 0.1) is 0 Å². The summed E-state index contributed by atoms with van der Waals surface area (Å²) in [7, 11) is 0. The van der Waals surface area contributed by atoms with Crippen LogP contribution in [-0.2, 0) is 0 Å². The molecule has 1 nitrogen and oxygen atoms in total. The first-order valence-electron chi connectivity index (χ1n) is 13.6. The Morgan fingerprint density at radius 3 is 1.49 bits per heavy atom. The average molecular weight is 499 g/mol. The molecule has 0 saturated carbocycles. The molecular formula is C38H26O. The molecule has 0 saturated heterocycles. The molecule has 0 bridgehead atoms. The summed E-state index contributed by atoms with van der Waals surface area (Å²) < 4.78 is 6.24. The highest BCUT2D eigenvalue weighted by atomic mass is 16.5. The summed E-state index contributed by atoms with van der Waals surface area (Å²) in [5.41, 5.74) is 13.6. The Labute approximate surface area is 229 Å². The predicted octanol–water partition coefficient (Wildman–Crippen LogP) is 9.80. The van der Waals surface area contributed by atoms with E-state index in [0.29, 0.717) is 0 Å². The Bertz CT molecular complexity index is 1830. The van der Waals surface area contributed by atoms with Gasteiger partial charge in [-0.05, 0) is 79.9 Å². The topological polar surface area (TPSA) is 9.23 Å². The van der Waals surface area contributed by atoms with Gasteiger partial charge in [-0.15, -0.1) is 0 Å². The third-order valence-electron chi connectivity index (χ3n) is 8.28. The van der Waals surface area contributed by atoms with Crippen LogP contribution in [0.1, 0.15) is 45.2 Å². The van der Waals surface area contributed by atoms with E-state index in [4.69, 9.17) is 4.74 Å². The van der Waals surface area contributed by atoms with Crippen LogP contribution in [0.15, 0.2) is 146 Å². The summed E-state index contributed by atoms with van der Waals surface area (Å²) in [6.45, 7) is 0. The van der Waals surface area contributed by atoms with E-state index in [1.807, 2.05) is 36.4 Å². The van der Waals surface area contributed by atoms with Crippen LogP contribution in [-0.4, -0.2) is 0 Å². The van der Waals surface area contributed by atoms with Gasteiger partial charge in [0, 0.05) is 11.8 Å². The number of para-hydroxylation sites is 1. The largest absolute Gasteiger partial charge is 0.457 e. The average Bonchev–Trinajstić information content (AvgIpc) is 3.51. The van der Waals surface area contributed by atoms with E-state index in [2.05, 4.69) is 109 Å². The lowest BCUT2D eigenvalue weighted by atomic mass is 9.86. The quantitative estimate of drug-likeness (QED) is 0.235. The molecule has 2 aliphatic carbocycles. The number of hydrogen-bond acceptors (Lipinski definition) is 1. The van der Waals surface area contributed by atoms with E-state index in [9.17, 15) is 0 Å². The highest BCUT2D eigenvalue weighted by Crippen LogP contribution is 2.58. The van der Waals surface area contributed by atoms with E-state index in [1.165, 1.54) is 55.6 Å². The molecular weight excluding hydrogens is 472 g/mol. The first-order valence-corrected chi connectivity index (χ1v) is 13.6. The predicted molar refractivity (Wildman–Crippen MR) is 159 cm³/mol. The highest BCUT2D eigenvalue weighted by molar-refractivity contribution is 5.98. The fourth-order valence-electron chi connectivity index (χ4n) is 6.73. The maximum Gasteiger partial charge on any atom is 0.127 e. The van der Waals surface area contributed by atoms with Crippen LogP contribution in [0.2, 0.25) is 0 Å². The Hall–Kier alpha value is -4.88. The van der Waals surface area contributed by atoms with Crippen molar-refractivity contribution < 1.29 is 4.74 Å². The van der Waals surface area contributed by atoms with Crippen molar-refractivity contribution >= 4 is 0 Å². The first-order chi connectivity index (χ1) is 19.4. The van der Waals surface area contributed by atoms with Crippen LogP contribution in [0.4, 0.5) is 0 Å². The maximum atomic E-state index is 6.24. The molecule has 0 N–H and O–H groups in total. The summed E-state index contributed by atoms with van der Waals surface area (Å²) >= 11 is 0. The molecule has 0 heterocycles. The van der Waals surface area contributed by atoms with E-state index >= 15 is 0 Å². The summed E-state index contributed by atoms with van der Waals surface area (Å²) in [5.74, 6) is 2.11. The molecule has 0 fully saturated rings. The van der Waals surface area contributed by atoms with E-state index < -0.39 is 0 Å². The first kappa shape index (κ1) is 22.1. The number of fused-ring (bicyclic) bond motifs is 7. The molecule has 6 aromatic carbocycles. The van der Waals surface area contributed by atoms with Crippen molar-refractivity contribution in [1.29, 1.82) is 0 Å². The van der Waals surface area contributed by atoms with Gasteiger partial charge in [0.15, 0.2) is 0 Å². The van der Waals surface area contributed by atoms with Gasteiger partial charge >= 0.3 is 0 Å². The van der Waals surface area contributed by atoms with Gasteiger partial charge in [0.05, 0.1) is 0 Å². The molecule has 2 atom stereocenters. The Balaban J connectivity index is 1.32. The zero-order valence-electron chi connectivity index (χ0n) is 21.4. The monoisotopic (exact) mass is 498 g/mol. The molecule has 0 amide bonds. The third-order valence-corrected chi connectivity index (χ3v) is 8.28. The lowest BCUT2D eigenvalue weighted by Crippen LogP contribution is -2.01. The van der Waals surface area contributed by atoms with Crippen molar-refractivity contribution in [3.63, 3.8) is 0 Å². The summed E-state index contributed by atoms with van der Waals surface area (Å²) in [4.78, 5) is 0. The van der Waals surface area contributed by atoms with Crippen molar-refractivity contribution in [2.45, 2.75) is 11.8 Å². The zero-order chi connectivity index (χ0) is 25.8. The van der Waals surface area contributed by atoms with Crippen LogP contribution < -0.4 is 4.74 Å². The normalized spacial score (nSPS) is 16.2. The molecule has 0 spiro atoms. The second kappa shape index (κ2) is 8.85. The second-order valence-corrected chi connectivity index (χ2v) is 10.4. The Morgan fingerprint density at radius 2 is 0.846 bits per heavy atom. The third kappa shape index (κ3) is 3.47. The zero-order valence-corrected chi connectivity index (χ0v) is 21.4. The molecule has 0 aromatic heterocycles. The van der Waals surface area contributed by atoms with E-state index in [1.54, 1.807) is 0 Å². The minimum atomic E-state index is 0.156. The number of rotatable bonds is 4. The fourth-order valence-corrected chi connectivity index (χ4v) is 6.73.